The first kappa shape index (κ1) is 16.6. The van der Waals surface area contributed by atoms with Crippen molar-refractivity contribution >= 4 is 33.6 Å². The molecule has 0 aliphatic heterocycles. The Kier molecular flexibility index (Phi) is 4.92. The molecule has 0 aromatic carbocycles. The predicted octanol–water partition coefficient (Wildman–Crippen LogP) is 3.82. The van der Waals surface area contributed by atoms with Gasteiger partial charge in [0.25, 0.3) is 5.91 Å². The maximum absolute atomic E-state index is 12.5. The molecule has 1 atom stereocenters. The maximum Gasteiger partial charge on any atom is 0.324 e. The average Bonchev–Trinajstić information content (AvgIpc) is 3.11. The zero-order valence-corrected chi connectivity index (χ0v) is 14.5. The van der Waals surface area contributed by atoms with Gasteiger partial charge in [0.1, 0.15) is 0 Å². The van der Waals surface area contributed by atoms with Gasteiger partial charge in [-0.2, -0.15) is 0 Å². The summed E-state index contributed by atoms with van der Waals surface area (Å²) in [5.41, 5.74) is 0.936. The van der Waals surface area contributed by atoms with Crippen molar-refractivity contribution in [2.24, 2.45) is 0 Å². The molecule has 1 amide bonds. The van der Waals surface area contributed by atoms with E-state index >= 15 is 0 Å². The summed E-state index contributed by atoms with van der Waals surface area (Å²) < 4.78 is 0. The van der Waals surface area contributed by atoms with Gasteiger partial charge in [0.05, 0.1) is 26.5 Å². The third kappa shape index (κ3) is 3.17. The van der Waals surface area contributed by atoms with Gasteiger partial charge in [-0.1, -0.05) is 18.3 Å². The minimum atomic E-state index is -0.480. The lowest BCUT2D eigenvalue weighted by Crippen LogP contribution is -2.28. The number of thiazole rings is 1. The topological polar surface area (TPSA) is 76.3 Å². The third-order valence-corrected chi connectivity index (χ3v) is 5.94. The van der Waals surface area contributed by atoms with Crippen molar-refractivity contribution in [3.05, 3.63) is 42.7 Å². The van der Waals surface area contributed by atoms with E-state index in [0.717, 1.165) is 33.3 Å². The fourth-order valence-electron chi connectivity index (χ4n) is 2.07. The number of aromatic nitrogens is 1. The van der Waals surface area contributed by atoms with E-state index in [4.69, 9.17) is 0 Å². The molecule has 0 aliphatic rings. The lowest BCUT2D eigenvalue weighted by atomic mass is 10.2. The standard InChI is InChI=1S/C14H17N3O3S2/c1-5-11-15-8(2)13(22-11)9(3)16(4)14(18)10-6-7-12(21-10)17(19)20/h6-7,9H,5H2,1-4H3/t9-/m1/s1. The second-order valence-electron chi connectivity index (χ2n) is 4.90. The van der Waals surface area contributed by atoms with Crippen LogP contribution in [0.2, 0.25) is 0 Å². The Morgan fingerprint density at radius 3 is 2.64 bits per heavy atom. The van der Waals surface area contributed by atoms with E-state index in [1.165, 1.54) is 12.1 Å². The van der Waals surface area contributed by atoms with Crippen LogP contribution >= 0.6 is 22.7 Å². The van der Waals surface area contributed by atoms with Crippen molar-refractivity contribution in [2.45, 2.75) is 33.2 Å². The van der Waals surface area contributed by atoms with Crippen LogP contribution in [0.15, 0.2) is 12.1 Å². The van der Waals surface area contributed by atoms with Crippen LogP contribution in [-0.4, -0.2) is 27.8 Å². The summed E-state index contributed by atoms with van der Waals surface area (Å²) in [6, 6.07) is 2.75. The zero-order chi connectivity index (χ0) is 16.4. The molecule has 6 nitrogen and oxygen atoms in total. The molecule has 0 unspecified atom stereocenters. The first-order valence-corrected chi connectivity index (χ1v) is 8.46. The van der Waals surface area contributed by atoms with Gasteiger partial charge < -0.3 is 4.90 Å². The van der Waals surface area contributed by atoms with Crippen molar-refractivity contribution < 1.29 is 9.72 Å². The molecule has 0 saturated heterocycles. The number of aryl methyl sites for hydroxylation is 2. The highest BCUT2D eigenvalue weighted by Crippen LogP contribution is 2.31. The minimum Gasteiger partial charge on any atom is -0.333 e. The number of nitrogens with zero attached hydrogens (tertiary/aromatic N) is 3. The number of carbonyl (C=O) groups excluding carboxylic acids is 1. The molecule has 2 rings (SSSR count). The number of hydrogen-bond acceptors (Lipinski definition) is 6. The molecule has 0 spiro atoms. The van der Waals surface area contributed by atoms with E-state index in [-0.39, 0.29) is 17.0 Å². The predicted molar refractivity (Wildman–Crippen MR) is 87.7 cm³/mol. The molecule has 0 fully saturated rings. The van der Waals surface area contributed by atoms with E-state index in [2.05, 4.69) is 4.98 Å². The summed E-state index contributed by atoms with van der Waals surface area (Å²) in [7, 11) is 1.71. The van der Waals surface area contributed by atoms with Gasteiger partial charge in [0, 0.05) is 18.0 Å². The van der Waals surface area contributed by atoms with Crippen molar-refractivity contribution in [2.75, 3.05) is 7.05 Å². The molecule has 0 radical (unpaired) electrons. The Labute approximate surface area is 136 Å². The van der Waals surface area contributed by atoms with Gasteiger partial charge in [0.15, 0.2) is 0 Å². The van der Waals surface area contributed by atoms with Crippen LogP contribution in [0.3, 0.4) is 0 Å². The van der Waals surface area contributed by atoms with Gasteiger partial charge in [0.2, 0.25) is 0 Å². The third-order valence-electron chi connectivity index (χ3n) is 3.44. The van der Waals surface area contributed by atoms with E-state index < -0.39 is 4.92 Å². The molecular weight excluding hydrogens is 322 g/mol. The number of thiophene rings is 1. The quantitative estimate of drug-likeness (QED) is 0.613. The largest absolute Gasteiger partial charge is 0.333 e. The molecule has 8 heteroatoms. The second-order valence-corrected chi connectivity index (χ2v) is 7.08. The molecule has 2 aromatic rings. The van der Waals surface area contributed by atoms with Crippen LogP contribution in [0.1, 0.15) is 45.1 Å². The van der Waals surface area contributed by atoms with Crippen LogP contribution in [0.4, 0.5) is 5.00 Å². The van der Waals surface area contributed by atoms with E-state index in [1.54, 1.807) is 23.3 Å². The Morgan fingerprint density at radius 1 is 1.45 bits per heavy atom. The molecule has 0 N–H and O–H groups in total. The Hall–Kier alpha value is -1.80. The molecular formula is C14H17N3O3S2. The van der Waals surface area contributed by atoms with Gasteiger partial charge in [-0.05, 0) is 26.3 Å². The summed E-state index contributed by atoms with van der Waals surface area (Å²) >= 11 is 2.51. The van der Waals surface area contributed by atoms with Gasteiger partial charge in [-0.15, -0.1) is 11.3 Å². The highest BCUT2D eigenvalue weighted by molar-refractivity contribution is 7.17. The van der Waals surface area contributed by atoms with Gasteiger partial charge in [-0.3, -0.25) is 14.9 Å². The first-order chi connectivity index (χ1) is 10.3. The fourth-order valence-corrected chi connectivity index (χ4v) is 3.98. The highest BCUT2D eigenvalue weighted by Gasteiger charge is 2.25. The molecule has 0 bridgehead atoms. The van der Waals surface area contributed by atoms with E-state index in [1.807, 2.05) is 20.8 Å². The Balaban J connectivity index is 2.21. The number of hydrogen-bond donors (Lipinski definition) is 0. The lowest BCUT2D eigenvalue weighted by Gasteiger charge is -2.23. The van der Waals surface area contributed by atoms with Gasteiger partial charge >= 0.3 is 5.00 Å². The second kappa shape index (κ2) is 6.53. The SMILES string of the molecule is CCc1nc(C)c([C@@H](C)N(C)C(=O)c2ccc([N+](=O)[O-])s2)s1. The normalized spacial score (nSPS) is 12.2. The van der Waals surface area contributed by atoms with Crippen molar-refractivity contribution in [3.63, 3.8) is 0 Å². The van der Waals surface area contributed by atoms with Crippen molar-refractivity contribution in [1.82, 2.24) is 9.88 Å². The molecule has 118 valence electrons. The van der Waals surface area contributed by atoms with Crippen LogP contribution < -0.4 is 0 Å². The molecule has 2 aromatic heterocycles. The first-order valence-electron chi connectivity index (χ1n) is 6.82. The molecule has 0 aliphatic carbocycles. The maximum atomic E-state index is 12.5. The average molecular weight is 339 g/mol. The van der Waals surface area contributed by atoms with Crippen LogP contribution in [0, 0.1) is 17.0 Å². The van der Waals surface area contributed by atoms with Gasteiger partial charge in [-0.25, -0.2) is 4.98 Å². The number of rotatable bonds is 5. The summed E-state index contributed by atoms with van der Waals surface area (Å²) in [4.78, 5) is 30.2. The minimum absolute atomic E-state index is 0.0216. The summed E-state index contributed by atoms with van der Waals surface area (Å²) in [6.45, 7) is 5.93. The Morgan fingerprint density at radius 2 is 2.14 bits per heavy atom. The van der Waals surface area contributed by atoms with Crippen molar-refractivity contribution in [3.8, 4) is 0 Å². The number of nitro groups is 1. The fraction of sp³-hybridized carbons (Fsp3) is 0.429. The summed E-state index contributed by atoms with van der Waals surface area (Å²) in [5, 5.41) is 11.8. The van der Waals surface area contributed by atoms with Crippen LogP contribution in [0.5, 0.6) is 0 Å². The lowest BCUT2D eigenvalue weighted by molar-refractivity contribution is -0.380. The van der Waals surface area contributed by atoms with Crippen LogP contribution in [-0.2, 0) is 6.42 Å². The molecule has 0 saturated carbocycles. The zero-order valence-electron chi connectivity index (χ0n) is 12.8. The van der Waals surface area contributed by atoms with Crippen LogP contribution in [0.25, 0.3) is 0 Å². The van der Waals surface area contributed by atoms with Crippen molar-refractivity contribution in [1.29, 1.82) is 0 Å². The number of carbonyl (C=O) groups is 1. The molecule has 2 heterocycles. The molecule has 22 heavy (non-hydrogen) atoms. The van der Waals surface area contributed by atoms with E-state index in [0.29, 0.717) is 4.88 Å². The smallest absolute Gasteiger partial charge is 0.324 e. The highest BCUT2D eigenvalue weighted by atomic mass is 32.1. The summed E-state index contributed by atoms with van der Waals surface area (Å²) in [6.07, 6.45) is 0.868. The Bertz CT molecular complexity index is 708. The summed E-state index contributed by atoms with van der Waals surface area (Å²) in [5.74, 6) is -0.212. The number of amides is 1. The van der Waals surface area contributed by atoms with E-state index in [9.17, 15) is 14.9 Å². The monoisotopic (exact) mass is 339 g/mol.